The third-order valence-electron chi connectivity index (χ3n) is 3.04. The van der Waals surface area contributed by atoms with E-state index in [9.17, 15) is 9.59 Å². The van der Waals surface area contributed by atoms with Crippen molar-refractivity contribution >= 4 is 33.4 Å². The smallest absolute Gasteiger partial charge is 0.224 e. The first-order chi connectivity index (χ1) is 9.65. The number of ether oxygens (including phenoxy) is 1. The van der Waals surface area contributed by atoms with E-state index >= 15 is 0 Å². The minimum Gasteiger partial charge on any atom is -0.378 e. The van der Waals surface area contributed by atoms with Gasteiger partial charge in [0.05, 0.1) is 13.2 Å². The van der Waals surface area contributed by atoms with Crippen LogP contribution < -0.4 is 5.32 Å². The molecule has 0 saturated carbocycles. The highest BCUT2D eigenvalue weighted by Crippen LogP contribution is 2.16. The van der Waals surface area contributed by atoms with Crippen molar-refractivity contribution in [1.82, 2.24) is 4.90 Å². The molecule has 2 amide bonds. The molecule has 0 bridgehead atoms. The van der Waals surface area contributed by atoms with Gasteiger partial charge in [-0.1, -0.05) is 22.0 Å². The molecule has 6 heteroatoms. The van der Waals surface area contributed by atoms with Crippen LogP contribution in [0, 0.1) is 0 Å². The molecular weight excluding hydrogens is 324 g/mol. The van der Waals surface area contributed by atoms with Gasteiger partial charge in [0.25, 0.3) is 0 Å². The Morgan fingerprint density at radius 1 is 1.25 bits per heavy atom. The molecule has 0 aromatic heterocycles. The number of benzene rings is 1. The molecule has 1 N–H and O–H groups in total. The maximum atomic E-state index is 11.9. The maximum absolute atomic E-state index is 11.9. The molecular formula is C14H17BrN2O3. The fourth-order valence-electron chi connectivity index (χ4n) is 1.98. The lowest BCUT2D eigenvalue weighted by molar-refractivity contribution is -0.136. The zero-order chi connectivity index (χ0) is 14.4. The lowest BCUT2D eigenvalue weighted by Gasteiger charge is -2.26. The SMILES string of the molecule is O=C(CCC(=O)N1CCOCC1)Nc1cccc(Br)c1. The van der Waals surface area contributed by atoms with Crippen LogP contribution in [0.3, 0.4) is 0 Å². The van der Waals surface area contributed by atoms with Crippen LogP contribution in [0.15, 0.2) is 28.7 Å². The number of morpholine rings is 1. The van der Waals surface area contributed by atoms with E-state index in [2.05, 4.69) is 21.2 Å². The van der Waals surface area contributed by atoms with Gasteiger partial charge >= 0.3 is 0 Å². The second-order valence-electron chi connectivity index (χ2n) is 4.55. The number of nitrogens with zero attached hydrogens (tertiary/aromatic N) is 1. The molecule has 1 fully saturated rings. The van der Waals surface area contributed by atoms with Crippen molar-refractivity contribution < 1.29 is 14.3 Å². The standard InChI is InChI=1S/C14H17BrN2O3/c15-11-2-1-3-12(10-11)16-13(18)4-5-14(19)17-6-8-20-9-7-17/h1-3,10H,4-9H2,(H,16,18). The number of amides is 2. The molecule has 1 heterocycles. The highest BCUT2D eigenvalue weighted by molar-refractivity contribution is 9.10. The Morgan fingerprint density at radius 2 is 2.00 bits per heavy atom. The molecule has 1 saturated heterocycles. The van der Waals surface area contributed by atoms with Crippen LogP contribution in [0.5, 0.6) is 0 Å². The summed E-state index contributed by atoms with van der Waals surface area (Å²) < 4.78 is 6.09. The van der Waals surface area contributed by atoms with Gasteiger partial charge in [0.2, 0.25) is 11.8 Å². The number of halogens is 1. The van der Waals surface area contributed by atoms with E-state index in [-0.39, 0.29) is 24.7 Å². The molecule has 1 aromatic carbocycles. The number of hydrogen-bond acceptors (Lipinski definition) is 3. The predicted molar refractivity (Wildman–Crippen MR) is 79.4 cm³/mol. The van der Waals surface area contributed by atoms with E-state index in [0.29, 0.717) is 26.3 Å². The summed E-state index contributed by atoms with van der Waals surface area (Å²) in [5.74, 6) is -0.137. The number of hydrogen-bond donors (Lipinski definition) is 1. The van der Waals surface area contributed by atoms with Crippen molar-refractivity contribution in [2.45, 2.75) is 12.8 Å². The summed E-state index contributed by atoms with van der Waals surface area (Å²) >= 11 is 3.34. The average Bonchev–Trinajstić information content (AvgIpc) is 2.46. The zero-order valence-corrected chi connectivity index (χ0v) is 12.7. The van der Waals surface area contributed by atoms with Gasteiger partial charge < -0.3 is 15.0 Å². The van der Waals surface area contributed by atoms with E-state index in [4.69, 9.17) is 4.74 Å². The summed E-state index contributed by atoms with van der Waals surface area (Å²) in [5, 5.41) is 2.78. The first-order valence-corrected chi connectivity index (χ1v) is 7.35. The Balaban J connectivity index is 1.75. The van der Waals surface area contributed by atoms with Crippen molar-refractivity contribution in [2.75, 3.05) is 31.6 Å². The molecule has 0 atom stereocenters. The Bertz CT molecular complexity index is 487. The predicted octanol–water partition coefficient (Wildman–Crippen LogP) is 2.03. The van der Waals surface area contributed by atoms with Crippen LogP contribution in [0.1, 0.15) is 12.8 Å². The number of rotatable bonds is 4. The van der Waals surface area contributed by atoms with Gasteiger partial charge in [-0.15, -0.1) is 0 Å². The first-order valence-electron chi connectivity index (χ1n) is 6.56. The number of carbonyl (C=O) groups excluding carboxylic acids is 2. The van der Waals surface area contributed by atoms with Crippen LogP contribution in [-0.2, 0) is 14.3 Å². The summed E-state index contributed by atoms with van der Waals surface area (Å²) in [6.07, 6.45) is 0.433. The van der Waals surface area contributed by atoms with Crippen molar-refractivity contribution in [2.24, 2.45) is 0 Å². The molecule has 108 valence electrons. The molecule has 0 aliphatic carbocycles. The molecule has 0 spiro atoms. The highest BCUT2D eigenvalue weighted by atomic mass is 79.9. The van der Waals surface area contributed by atoms with Crippen LogP contribution in [-0.4, -0.2) is 43.0 Å². The second-order valence-corrected chi connectivity index (χ2v) is 5.47. The largest absolute Gasteiger partial charge is 0.378 e. The third kappa shape index (κ3) is 4.61. The normalized spacial score (nSPS) is 14.9. The van der Waals surface area contributed by atoms with Crippen molar-refractivity contribution in [1.29, 1.82) is 0 Å². The summed E-state index contributed by atoms with van der Waals surface area (Å²) in [7, 11) is 0. The van der Waals surface area contributed by atoms with E-state index in [0.717, 1.165) is 10.2 Å². The summed E-state index contributed by atoms with van der Waals surface area (Å²) in [6.45, 7) is 2.39. The van der Waals surface area contributed by atoms with E-state index in [1.165, 1.54) is 0 Å². The van der Waals surface area contributed by atoms with Crippen LogP contribution >= 0.6 is 15.9 Å². The molecule has 0 unspecified atom stereocenters. The van der Waals surface area contributed by atoms with Gasteiger partial charge in [0, 0.05) is 36.1 Å². The number of nitrogens with one attached hydrogen (secondary N) is 1. The third-order valence-corrected chi connectivity index (χ3v) is 3.53. The Hall–Kier alpha value is -1.40. The van der Waals surface area contributed by atoms with Gasteiger partial charge in [-0.05, 0) is 18.2 Å². The van der Waals surface area contributed by atoms with Crippen molar-refractivity contribution in [3.05, 3.63) is 28.7 Å². The maximum Gasteiger partial charge on any atom is 0.224 e. The molecule has 2 rings (SSSR count). The fraction of sp³-hybridized carbons (Fsp3) is 0.429. The lowest BCUT2D eigenvalue weighted by atomic mass is 10.2. The van der Waals surface area contributed by atoms with Gasteiger partial charge in [-0.25, -0.2) is 0 Å². The van der Waals surface area contributed by atoms with Crippen LogP contribution in [0.2, 0.25) is 0 Å². The summed E-state index contributed by atoms with van der Waals surface area (Å²) in [4.78, 5) is 25.4. The first kappa shape index (κ1) is 15.0. The van der Waals surface area contributed by atoms with Gasteiger partial charge in [-0.3, -0.25) is 9.59 Å². The molecule has 1 aromatic rings. The minimum absolute atomic E-state index is 0.0118. The van der Waals surface area contributed by atoms with Crippen LogP contribution in [0.4, 0.5) is 5.69 Å². The Labute approximate surface area is 126 Å². The molecule has 20 heavy (non-hydrogen) atoms. The van der Waals surface area contributed by atoms with Crippen molar-refractivity contribution in [3.63, 3.8) is 0 Å². The molecule has 0 radical (unpaired) electrons. The lowest BCUT2D eigenvalue weighted by Crippen LogP contribution is -2.40. The van der Waals surface area contributed by atoms with Crippen molar-refractivity contribution in [3.8, 4) is 0 Å². The number of carbonyl (C=O) groups is 2. The Morgan fingerprint density at radius 3 is 2.70 bits per heavy atom. The minimum atomic E-state index is -0.148. The molecule has 1 aliphatic rings. The van der Waals surface area contributed by atoms with E-state index in [1.54, 1.807) is 4.90 Å². The van der Waals surface area contributed by atoms with Gasteiger partial charge in [0.1, 0.15) is 0 Å². The fourth-order valence-corrected chi connectivity index (χ4v) is 2.38. The Kier molecular flexibility index (Phi) is 5.55. The summed E-state index contributed by atoms with van der Waals surface area (Å²) in [6, 6.07) is 7.37. The number of anilines is 1. The van der Waals surface area contributed by atoms with Gasteiger partial charge in [0.15, 0.2) is 0 Å². The van der Waals surface area contributed by atoms with E-state index < -0.39 is 0 Å². The quantitative estimate of drug-likeness (QED) is 0.912. The van der Waals surface area contributed by atoms with Gasteiger partial charge in [-0.2, -0.15) is 0 Å². The monoisotopic (exact) mass is 340 g/mol. The second kappa shape index (κ2) is 7.40. The summed E-state index contributed by atoms with van der Waals surface area (Å²) in [5.41, 5.74) is 0.725. The van der Waals surface area contributed by atoms with E-state index in [1.807, 2.05) is 24.3 Å². The average molecular weight is 341 g/mol. The highest BCUT2D eigenvalue weighted by Gasteiger charge is 2.17. The zero-order valence-electron chi connectivity index (χ0n) is 11.1. The topological polar surface area (TPSA) is 58.6 Å². The molecule has 1 aliphatic heterocycles. The molecule has 5 nitrogen and oxygen atoms in total. The van der Waals surface area contributed by atoms with Crippen LogP contribution in [0.25, 0.3) is 0 Å².